The Bertz CT molecular complexity index is 946. The predicted octanol–water partition coefficient (Wildman–Crippen LogP) is 1.59. The van der Waals surface area contributed by atoms with Crippen molar-refractivity contribution in [1.29, 1.82) is 0 Å². The minimum absolute atomic E-state index is 0.585. The number of hydrogen-bond acceptors (Lipinski definition) is 3. The molecule has 4 aromatic rings. The van der Waals surface area contributed by atoms with Gasteiger partial charge in [0.1, 0.15) is 26.0 Å². The summed E-state index contributed by atoms with van der Waals surface area (Å²) < 4.78 is 1.07. The van der Waals surface area contributed by atoms with Crippen molar-refractivity contribution in [2.45, 2.75) is 0 Å². The van der Waals surface area contributed by atoms with Crippen LogP contribution in [0.4, 0.5) is 0 Å². The summed E-state index contributed by atoms with van der Waals surface area (Å²) in [6.07, 6.45) is 0. The Morgan fingerprint density at radius 1 is 0.895 bits per heavy atom. The molecule has 4 radical (unpaired) electrons. The van der Waals surface area contributed by atoms with E-state index in [1.807, 2.05) is 36.4 Å². The molecular weight excluding hydrogens is 250 g/mol. The molecule has 0 spiro atoms. The minimum atomic E-state index is 0.585. The van der Waals surface area contributed by atoms with Crippen molar-refractivity contribution in [2.75, 3.05) is 0 Å². The molecular formula is C14H6B2N2S. The van der Waals surface area contributed by atoms with Crippen molar-refractivity contribution in [3.8, 4) is 0 Å². The largest absolute Gasteiger partial charge is 0.243 e. The summed E-state index contributed by atoms with van der Waals surface area (Å²) in [5.41, 5.74) is 3.88. The molecule has 0 amide bonds. The van der Waals surface area contributed by atoms with Gasteiger partial charge in [-0.3, -0.25) is 0 Å². The quantitative estimate of drug-likeness (QED) is 0.446. The molecule has 2 aromatic heterocycles. The molecule has 2 nitrogen and oxygen atoms in total. The standard InChI is InChI=1S/C14H6B2N2S/c15-8-5-7-12(6-9(8)16)19-14-13(7)17-10-3-1-2-4-11(10)18-14/h1-6H. The summed E-state index contributed by atoms with van der Waals surface area (Å²) >= 11 is 1.59. The van der Waals surface area contributed by atoms with Crippen LogP contribution in [0.25, 0.3) is 31.5 Å². The maximum Gasteiger partial charge on any atom is 0.143 e. The lowest BCUT2D eigenvalue weighted by Crippen LogP contribution is -2.24. The highest BCUT2D eigenvalue weighted by Gasteiger charge is 2.10. The fourth-order valence-electron chi connectivity index (χ4n) is 2.22. The maximum absolute atomic E-state index is 5.88. The molecule has 19 heavy (non-hydrogen) atoms. The number of para-hydroxylation sites is 2. The lowest BCUT2D eigenvalue weighted by atomic mass is 9.80. The van der Waals surface area contributed by atoms with Crippen molar-refractivity contribution in [3.63, 3.8) is 0 Å². The molecule has 5 heteroatoms. The molecule has 0 N–H and O–H groups in total. The Morgan fingerprint density at radius 3 is 2.37 bits per heavy atom. The molecule has 2 aromatic carbocycles. The van der Waals surface area contributed by atoms with E-state index in [-0.39, 0.29) is 0 Å². The fourth-order valence-corrected chi connectivity index (χ4v) is 3.27. The third-order valence-electron chi connectivity index (χ3n) is 3.19. The zero-order chi connectivity index (χ0) is 13.0. The summed E-state index contributed by atoms with van der Waals surface area (Å²) in [5, 5.41) is 1.02. The van der Waals surface area contributed by atoms with Crippen LogP contribution in [-0.2, 0) is 0 Å². The summed E-state index contributed by atoms with van der Waals surface area (Å²) in [4.78, 5) is 10.3. The van der Waals surface area contributed by atoms with Gasteiger partial charge in [0.15, 0.2) is 0 Å². The third kappa shape index (κ3) is 1.58. The summed E-state index contributed by atoms with van der Waals surface area (Å²) in [6, 6.07) is 11.6. The second-order valence-electron chi connectivity index (χ2n) is 4.45. The number of thiophene rings is 1. The van der Waals surface area contributed by atoms with Gasteiger partial charge in [-0.2, -0.15) is 0 Å². The van der Waals surface area contributed by atoms with Gasteiger partial charge in [-0.25, -0.2) is 9.97 Å². The van der Waals surface area contributed by atoms with Gasteiger partial charge >= 0.3 is 0 Å². The minimum Gasteiger partial charge on any atom is -0.243 e. The van der Waals surface area contributed by atoms with E-state index < -0.39 is 0 Å². The number of aromatic nitrogens is 2. The first-order valence-corrected chi connectivity index (χ1v) is 6.68. The van der Waals surface area contributed by atoms with Crippen LogP contribution < -0.4 is 10.9 Å². The molecule has 0 aliphatic rings. The SMILES string of the molecule is [B]c1cc2sc3nc4ccccc4nc3c2cc1[B]. The van der Waals surface area contributed by atoms with E-state index in [9.17, 15) is 0 Å². The molecule has 2 heterocycles. The maximum atomic E-state index is 5.88. The van der Waals surface area contributed by atoms with Crippen molar-refractivity contribution in [2.24, 2.45) is 0 Å². The van der Waals surface area contributed by atoms with Crippen molar-refractivity contribution in [3.05, 3.63) is 36.4 Å². The summed E-state index contributed by atoms with van der Waals surface area (Å²) in [6.45, 7) is 0. The lowest BCUT2D eigenvalue weighted by Gasteiger charge is -2.00. The van der Waals surface area contributed by atoms with Gasteiger partial charge in [-0.05, 0) is 12.1 Å². The molecule has 0 bridgehead atoms. The van der Waals surface area contributed by atoms with Crippen LogP contribution in [0, 0.1) is 0 Å². The van der Waals surface area contributed by atoms with Crippen LogP contribution in [0.15, 0.2) is 36.4 Å². The van der Waals surface area contributed by atoms with Gasteiger partial charge in [-0.1, -0.05) is 24.3 Å². The van der Waals surface area contributed by atoms with E-state index in [0.717, 1.165) is 31.5 Å². The van der Waals surface area contributed by atoms with Gasteiger partial charge in [0.2, 0.25) is 0 Å². The highest BCUT2D eigenvalue weighted by atomic mass is 32.1. The third-order valence-corrected chi connectivity index (χ3v) is 4.22. The molecule has 0 atom stereocenters. The molecule has 4 rings (SSSR count). The Hall–Kier alpha value is -1.87. The van der Waals surface area contributed by atoms with Gasteiger partial charge < -0.3 is 0 Å². The monoisotopic (exact) mass is 256 g/mol. The highest BCUT2D eigenvalue weighted by Crippen LogP contribution is 2.31. The van der Waals surface area contributed by atoms with E-state index in [1.165, 1.54) is 0 Å². The van der Waals surface area contributed by atoms with E-state index in [4.69, 9.17) is 15.7 Å². The highest BCUT2D eigenvalue weighted by molar-refractivity contribution is 7.25. The van der Waals surface area contributed by atoms with Crippen LogP contribution in [0.1, 0.15) is 0 Å². The zero-order valence-corrected chi connectivity index (χ0v) is 10.7. The number of benzene rings is 2. The molecule has 0 fully saturated rings. The molecule has 84 valence electrons. The smallest absolute Gasteiger partial charge is 0.143 e. The average Bonchev–Trinajstić information content (AvgIpc) is 2.74. The number of rotatable bonds is 0. The van der Waals surface area contributed by atoms with Gasteiger partial charge in [0, 0.05) is 10.1 Å². The Morgan fingerprint density at radius 2 is 1.58 bits per heavy atom. The van der Waals surface area contributed by atoms with Crippen LogP contribution in [0.3, 0.4) is 0 Å². The van der Waals surface area contributed by atoms with Crippen LogP contribution in [0.5, 0.6) is 0 Å². The normalized spacial score (nSPS) is 11.6. The molecule has 0 unspecified atom stereocenters. The van der Waals surface area contributed by atoms with E-state index in [0.29, 0.717) is 10.9 Å². The Labute approximate surface area is 116 Å². The topological polar surface area (TPSA) is 25.8 Å². The second kappa shape index (κ2) is 3.81. The van der Waals surface area contributed by atoms with Crippen molar-refractivity contribution >= 4 is 69.4 Å². The first kappa shape index (κ1) is 11.0. The lowest BCUT2D eigenvalue weighted by molar-refractivity contribution is 1.43. The summed E-state index contributed by atoms with van der Waals surface area (Å²) in [5.74, 6) is 0. The first-order valence-electron chi connectivity index (χ1n) is 5.86. The first-order chi connectivity index (χ1) is 9.22. The van der Waals surface area contributed by atoms with Crippen LogP contribution in [-0.4, -0.2) is 25.7 Å². The zero-order valence-electron chi connectivity index (χ0n) is 9.92. The van der Waals surface area contributed by atoms with Crippen molar-refractivity contribution < 1.29 is 0 Å². The Balaban J connectivity index is 2.22. The van der Waals surface area contributed by atoms with Gasteiger partial charge in [-0.15, -0.1) is 22.3 Å². The summed E-state index contributed by atoms with van der Waals surface area (Å²) in [7, 11) is 11.7. The molecule has 0 saturated carbocycles. The average molecular weight is 256 g/mol. The van der Waals surface area contributed by atoms with Gasteiger partial charge in [0.05, 0.1) is 11.0 Å². The van der Waals surface area contributed by atoms with Crippen LogP contribution in [0.2, 0.25) is 0 Å². The fraction of sp³-hybridized carbons (Fsp3) is 0. The number of hydrogen-bond donors (Lipinski definition) is 0. The van der Waals surface area contributed by atoms with E-state index >= 15 is 0 Å². The van der Waals surface area contributed by atoms with E-state index in [1.54, 1.807) is 11.3 Å². The Kier molecular flexibility index (Phi) is 2.21. The molecule has 0 saturated heterocycles. The molecule has 0 aliphatic heterocycles. The second-order valence-corrected chi connectivity index (χ2v) is 5.48. The van der Waals surface area contributed by atoms with Crippen LogP contribution >= 0.6 is 11.3 Å². The van der Waals surface area contributed by atoms with Crippen molar-refractivity contribution in [1.82, 2.24) is 9.97 Å². The van der Waals surface area contributed by atoms with E-state index in [2.05, 4.69) is 9.97 Å². The van der Waals surface area contributed by atoms with Gasteiger partial charge in [0.25, 0.3) is 0 Å². The molecule has 0 aliphatic carbocycles. The number of fused-ring (bicyclic) bond motifs is 4. The number of nitrogens with zero attached hydrogens (tertiary/aromatic N) is 2. The predicted molar refractivity (Wildman–Crippen MR) is 83.2 cm³/mol.